The Morgan fingerprint density at radius 3 is 2.37 bits per heavy atom. The summed E-state index contributed by atoms with van der Waals surface area (Å²) in [5, 5.41) is 7.78. The Kier molecular flexibility index (Phi) is 4.50. The summed E-state index contributed by atoms with van der Waals surface area (Å²) < 4.78 is 5.40. The van der Waals surface area contributed by atoms with Gasteiger partial charge in [0.05, 0.1) is 12.7 Å². The van der Waals surface area contributed by atoms with Crippen molar-refractivity contribution in [2.75, 3.05) is 12.4 Å². The van der Waals surface area contributed by atoms with Crippen molar-refractivity contribution in [1.82, 2.24) is 5.32 Å². The van der Waals surface area contributed by atoms with Crippen molar-refractivity contribution in [2.24, 2.45) is 0 Å². The van der Waals surface area contributed by atoms with E-state index in [0.717, 1.165) is 23.6 Å². The number of rotatable bonds is 5. The number of nitrogens with one attached hydrogen (secondary N) is 2. The fourth-order valence-electron chi connectivity index (χ4n) is 3.00. The van der Waals surface area contributed by atoms with Gasteiger partial charge in [0.25, 0.3) is 11.8 Å². The maximum absolute atomic E-state index is 12.8. The van der Waals surface area contributed by atoms with E-state index < -0.39 is 0 Å². The van der Waals surface area contributed by atoms with Gasteiger partial charge in [-0.15, -0.1) is 0 Å². The summed E-state index contributed by atoms with van der Waals surface area (Å²) in [5.41, 5.74) is 1.55. The van der Waals surface area contributed by atoms with Crippen LogP contribution in [0.2, 0.25) is 0 Å². The fraction of sp³-hybridized carbons (Fsp3) is 0.182. The first kappa shape index (κ1) is 17.1. The molecular formula is C22H20N2O3. The highest BCUT2D eigenvalue weighted by molar-refractivity contribution is 6.09. The monoisotopic (exact) mass is 360 g/mol. The quantitative estimate of drug-likeness (QED) is 0.723. The molecule has 5 heteroatoms. The molecule has 0 bridgehead atoms. The fourth-order valence-corrected chi connectivity index (χ4v) is 3.00. The Balaban J connectivity index is 1.58. The molecule has 136 valence electrons. The molecule has 0 radical (unpaired) electrons. The lowest BCUT2D eigenvalue weighted by atomic mass is 10.0. The van der Waals surface area contributed by atoms with Gasteiger partial charge in [0.1, 0.15) is 5.75 Å². The van der Waals surface area contributed by atoms with Crippen LogP contribution in [0.3, 0.4) is 0 Å². The zero-order chi connectivity index (χ0) is 18.8. The van der Waals surface area contributed by atoms with Gasteiger partial charge in [-0.2, -0.15) is 0 Å². The predicted octanol–water partition coefficient (Wildman–Crippen LogP) is 3.99. The zero-order valence-electron chi connectivity index (χ0n) is 15.0. The van der Waals surface area contributed by atoms with Crippen LogP contribution in [0.4, 0.5) is 5.69 Å². The van der Waals surface area contributed by atoms with Crippen LogP contribution in [-0.2, 0) is 0 Å². The molecular weight excluding hydrogens is 340 g/mol. The van der Waals surface area contributed by atoms with Gasteiger partial charge in [0.15, 0.2) is 0 Å². The minimum Gasteiger partial charge on any atom is -0.496 e. The summed E-state index contributed by atoms with van der Waals surface area (Å²) in [5.74, 6) is 0.114. The SMILES string of the molecule is COc1cc2ccccc2cc1C(=O)Nc1cccc(C(=O)NC2CC2)c1. The lowest BCUT2D eigenvalue weighted by molar-refractivity contribution is 0.0949. The third-order valence-electron chi connectivity index (χ3n) is 4.61. The largest absolute Gasteiger partial charge is 0.496 e. The molecule has 4 rings (SSSR count). The number of hydrogen-bond acceptors (Lipinski definition) is 3. The van der Waals surface area contributed by atoms with Gasteiger partial charge in [-0.05, 0) is 53.9 Å². The number of fused-ring (bicyclic) bond motifs is 1. The number of anilines is 1. The summed E-state index contributed by atoms with van der Waals surface area (Å²) in [7, 11) is 1.55. The second-order valence-corrected chi connectivity index (χ2v) is 6.68. The van der Waals surface area contributed by atoms with Crippen LogP contribution in [0.5, 0.6) is 5.75 Å². The van der Waals surface area contributed by atoms with Crippen LogP contribution in [0, 0.1) is 0 Å². The predicted molar refractivity (Wildman–Crippen MR) is 105 cm³/mol. The summed E-state index contributed by atoms with van der Waals surface area (Å²) in [4.78, 5) is 25.0. The zero-order valence-corrected chi connectivity index (χ0v) is 15.0. The minimum atomic E-state index is -0.280. The van der Waals surface area contributed by atoms with E-state index in [0.29, 0.717) is 22.6 Å². The van der Waals surface area contributed by atoms with Gasteiger partial charge in [0.2, 0.25) is 0 Å². The van der Waals surface area contributed by atoms with E-state index in [4.69, 9.17) is 4.74 Å². The number of amides is 2. The summed E-state index contributed by atoms with van der Waals surface area (Å²) in [6.07, 6.45) is 2.06. The molecule has 2 N–H and O–H groups in total. The Morgan fingerprint density at radius 1 is 0.926 bits per heavy atom. The first-order valence-corrected chi connectivity index (χ1v) is 8.93. The third kappa shape index (κ3) is 3.77. The molecule has 1 saturated carbocycles. The van der Waals surface area contributed by atoms with Crippen LogP contribution >= 0.6 is 0 Å². The van der Waals surface area contributed by atoms with Crippen LogP contribution < -0.4 is 15.4 Å². The number of carbonyl (C=O) groups is 2. The highest BCUT2D eigenvalue weighted by Gasteiger charge is 2.24. The maximum Gasteiger partial charge on any atom is 0.259 e. The molecule has 0 unspecified atom stereocenters. The van der Waals surface area contributed by atoms with Crippen LogP contribution in [-0.4, -0.2) is 25.0 Å². The molecule has 2 amide bonds. The molecule has 0 aromatic heterocycles. The average molecular weight is 360 g/mol. The number of ether oxygens (including phenoxy) is 1. The second kappa shape index (κ2) is 7.11. The molecule has 5 nitrogen and oxygen atoms in total. The smallest absolute Gasteiger partial charge is 0.259 e. The Morgan fingerprint density at radius 2 is 1.67 bits per heavy atom. The van der Waals surface area contributed by atoms with E-state index in [1.165, 1.54) is 0 Å². The molecule has 1 aliphatic carbocycles. The van der Waals surface area contributed by atoms with Crippen LogP contribution in [0.1, 0.15) is 33.6 Å². The number of hydrogen-bond donors (Lipinski definition) is 2. The topological polar surface area (TPSA) is 67.4 Å². The molecule has 1 fully saturated rings. The summed E-state index contributed by atoms with van der Waals surface area (Å²) in [6.45, 7) is 0. The van der Waals surface area contributed by atoms with Crippen molar-refractivity contribution >= 4 is 28.3 Å². The van der Waals surface area contributed by atoms with Crippen molar-refractivity contribution in [3.8, 4) is 5.75 Å². The number of methoxy groups -OCH3 is 1. The Labute approximate surface area is 157 Å². The molecule has 0 heterocycles. The van der Waals surface area contributed by atoms with Crippen molar-refractivity contribution < 1.29 is 14.3 Å². The maximum atomic E-state index is 12.8. The van der Waals surface area contributed by atoms with Crippen molar-refractivity contribution in [1.29, 1.82) is 0 Å². The summed E-state index contributed by atoms with van der Waals surface area (Å²) >= 11 is 0. The molecule has 0 aliphatic heterocycles. The van der Waals surface area contributed by atoms with E-state index in [1.54, 1.807) is 31.4 Å². The molecule has 0 saturated heterocycles. The Bertz CT molecular complexity index is 1020. The van der Waals surface area contributed by atoms with Crippen molar-refractivity contribution in [2.45, 2.75) is 18.9 Å². The first-order valence-electron chi connectivity index (χ1n) is 8.93. The molecule has 1 aliphatic rings. The standard InChI is InChI=1S/C22H20N2O3/c1-27-20-13-15-6-3-2-5-14(15)12-19(20)22(26)24-18-8-4-7-16(11-18)21(25)23-17-9-10-17/h2-8,11-13,17H,9-10H2,1H3,(H,23,25)(H,24,26). The average Bonchev–Trinajstić information content (AvgIpc) is 3.51. The number of carbonyl (C=O) groups excluding carboxylic acids is 2. The van der Waals surface area contributed by atoms with Crippen molar-refractivity contribution in [3.05, 3.63) is 71.8 Å². The summed E-state index contributed by atoms with van der Waals surface area (Å²) in [6, 6.07) is 18.7. The van der Waals surface area contributed by atoms with E-state index in [-0.39, 0.29) is 17.9 Å². The minimum absolute atomic E-state index is 0.114. The van der Waals surface area contributed by atoms with Gasteiger partial charge in [-0.3, -0.25) is 9.59 Å². The van der Waals surface area contributed by atoms with E-state index in [1.807, 2.05) is 36.4 Å². The first-order chi connectivity index (χ1) is 13.1. The van der Waals surface area contributed by atoms with E-state index in [2.05, 4.69) is 10.6 Å². The van der Waals surface area contributed by atoms with Crippen LogP contribution in [0.15, 0.2) is 60.7 Å². The van der Waals surface area contributed by atoms with Crippen molar-refractivity contribution in [3.63, 3.8) is 0 Å². The van der Waals surface area contributed by atoms with Gasteiger partial charge in [-0.25, -0.2) is 0 Å². The number of benzene rings is 3. The molecule has 0 atom stereocenters. The highest BCUT2D eigenvalue weighted by atomic mass is 16.5. The third-order valence-corrected chi connectivity index (χ3v) is 4.61. The Hall–Kier alpha value is -3.34. The van der Waals surface area contributed by atoms with Gasteiger partial charge in [-0.1, -0.05) is 30.3 Å². The molecule has 0 spiro atoms. The lowest BCUT2D eigenvalue weighted by Gasteiger charge is -2.12. The normalized spacial score (nSPS) is 13.2. The van der Waals surface area contributed by atoms with Crippen LogP contribution in [0.25, 0.3) is 10.8 Å². The molecule has 3 aromatic rings. The van der Waals surface area contributed by atoms with Gasteiger partial charge in [0, 0.05) is 17.3 Å². The second-order valence-electron chi connectivity index (χ2n) is 6.68. The van der Waals surface area contributed by atoms with Gasteiger partial charge < -0.3 is 15.4 Å². The van der Waals surface area contributed by atoms with Gasteiger partial charge >= 0.3 is 0 Å². The lowest BCUT2D eigenvalue weighted by Crippen LogP contribution is -2.25. The molecule has 3 aromatic carbocycles. The molecule has 27 heavy (non-hydrogen) atoms. The highest BCUT2D eigenvalue weighted by Crippen LogP contribution is 2.27. The van der Waals surface area contributed by atoms with E-state index in [9.17, 15) is 9.59 Å². The van der Waals surface area contributed by atoms with E-state index >= 15 is 0 Å².